The second-order valence-electron chi connectivity index (χ2n) is 4.96. The Bertz CT molecular complexity index is 293. The summed E-state index contributed by atoms with van der Waals surface area (Å²) in [5.74, 6) is 0.149. The maximum atomic E-state index is 12.2. The summed E-state index contributed by atoms with van der Waals surface area (Å²) in [7, 11) is 0. The summed E-state index contributed by atoms with van der Waals surface area (Å²) in [5.41, 5.74) is 0. The van der Waals surface area contributed by atoms with E-state index in [0.29, 0.717) is 31.7 Å². The van der Waals surface area contributed by atoms with Crippen LogP contribution in [-0.2, 0) is 4.79 Å². The Labute approximate surface area is 110 Å². The number of carbonyl (C=O) groups is 1. The van der Waals surface area contributed by atoms with Crippen LogP contribution >= 0.6 is 0 Å². The Morgan fingerprint density at radius 2 is 2.00 bits per heavy atom. The van der Waals surface area contributed by atoms with Crippen molar-refractivity contribution in [3.05, 3.63) is 25.3 Å². The third-order valence-electron chi connectivity index (χ3n) is 3.28. The molecular formula is C14H25N3O. The first kappa shape index (κ1) is 14.9. The second-order valence-corrected chi connectivity index (χ2v) is 4.96. The molecule has 102 valence electrons. The second kappa shape index (κ2) is 7.34. The quantitative estimate of drug-likeness (QED) is 0.712. The van der Waals surface area contributed by atoms with Gasteiger partial charge in [-0.1, -0.05) is 12.2 Å². The SMILES string of the molecule is C=CCN(CC=C)C(=O)CN1CC(C)NCC1C. The molecule has 1 heterocycles. The topological polar surface area (TPSA) is 35.6 Å². The van der Waals surface area contributed by atoms with Crippen molar-refractivity contribution >= 4 is 5.91 Å². The van der Waals surface area contributed by atoms with E-state index in [9.17, 15) is 4.79 Å². The number of hydrogen-bond donors (Lipinski definition) is 1. The van der Waals surface area contributed by atoms with Crippen molar-refractivity contribution in [3.8, 4) is 0 Å². The van der Waals surface area contributed by atoms with E-state index in [2.05, 4.69) is 37.2 Å². The maximum absolute atomic E-state index is 12.2. The van der Waals surface area contributed by atoms with Crippen LogP contribution in [0.3, 0.4) is 0 Å². The van der Waals surface area contributed by atoms with Gasteiger partial charge in [-0.2, -0.15) is 0 Å². The molecule has 1 saturated heterocycles. The van der Waals surface area contributed by atoms with Gasteiger partial charge in [-0.25, -0.2) is 0 Å². The first-order valence-corrected chi connectivity index (χ1v) is 6.55. The van der Waals surface area contributed by atoms with Crippen molar-refractivity contribution in [2.75, 3.05) is 32.7 Å². The summed E-state index contributed by atoms with van der Waals surface area (Å²) in [4.78, 5) is 16.2. The van der Waals surface area contributed by atoms with Gasteiger partial charge in [-0.15, -0.1) is 13.2 Å². The highest BCUT2D eigenvalue weighted by Crippen LogP contribution is 2.07. The van der Waals surface area contributed by atoms with Crippen LogP contribution in [0, 0.1) is 0 Å². The van der Waals surface area contributed by atoms with Crippen LogP contribution in [0.5, 0.6) is 0 Å². The lowest BCUT2D eigenvalue weighted by atomic mass is 10.1. The number of nitrogens with zero attached hydrogens (tertiary/aromatic N) is 2. The van der Waals surface area contributed by atoms with Gasteiger partial charge >= 0.3 is 0 Å². The zero-order chi connectivity index (χ0) is 13.5. The van der Waals surface area contributed by atoms with E-state index < -0.39 is 0 Å². The van der Waals surface area contributed by atoms with Gasteiger partial charge in [0.05, 0.1) is 6.54 Å². The Morgan fingerprint density at radius 1 is 1.39 bits per heavy atom. The van der Waals surface area contributed by atoms with E-state index in [4.69, 9.17) is 0 Å². The van der Waals surface area contributed by atoms with Gasteiger partial charge in [-0.05, 0) is 13.8 Å². The monoisotopic (exact) mass is 251 g/mol. The highest BCUT2D eigenvalue weighted by molar-refractivity contribution is 5.78. The van der Waals surface area contributed by atoms with Gasteiger partial charge in [0.2, 0.25) is 5.91 Å². The first-order chi connectivity index (χ1) is 8.58. The van der Waals surface area contributed by atoms with Gasteiger partial charge in [-0.3, -0.25) is 9.69 Å². The Morgan fingerprint density at radius 3 is 2.56 bits per heavy atom. The molecule has 0 aliphatic carbocycles. The molecule has 0 aromatic carbocycles. The van der Waals surface area contributed by atoms with Crippen LogP contribution in [0.25, 0.3) is 0 Å². The predicted molar refractivity (Wildman–Crippen MR) is 75.5 cm³/mol. The standard InChI is InChI=1S/C14H25N3O/c1-5-7-16(8-6-2)14(18)11-17-10-12(3)15-9-13(17)4/h5-6,12-13,15H,1-2,7-11H2,3-4H3. The molecule has 1 aliphatic heterocycles. The van der Waals surface area contributed by atoms with E-state index in [1.807, 2.05) is 0 Å². The summed E-state index contributed by atoms with van der Waals surface area (Å²) in [5, 5.41) is 3.42. The molecule has 18 heavy (non-hydrogen) atoms. The third-order valence-corrected chi connectivity index (χ3v) is 3.28. The summed E-state index contributed by atoms with van der Waals surface area (Å²) >= 11 is 0. The van der Waals surface area contributed by atoms with Crippen LogP contribution in [0.2, 0.25) is 0 Å². The van der Waals surface area contributed by atoms with Crippen LogP contribution < -0.4 is 5.32 Å². The molecule has 4 heteroatoms. The van der Waals surface area contributed by atoms with E-state index in [1.165, 1.54) is 0 Å². The van der Waals surface area contributed by atoms with Crippen molar-refractivity contribution in [2.45, 2.75) is 25.9 Å². The largest absolute Gasteiger partial charge is 0.334 e. The number of carbonyl (C=O) groups excluding carboxylic acids is 1. The van der Waals surface area contributed by atoms with E-state index in [-0.39, 0.29) is 5.91 Å². The summed E-state index contributed by atoms with van der Waals surface area (Å²) in [6.07, 6.45) is 3.51. The van der Waals surface area contributed by atoms with Crippen LogP contribution in [0.4, 0.5) is 0 Å². The van der Waals surface area contributed by atoms with Gasteiger partial charge in [0.25, 0.3) is 0 Å². The molecule has 1 amide bonds. The molecule has 1 N–H and O–H groups in total. The number of nitrogens with one attached hydrogen (secondary N) is 1. The van der Waals surface area contributed by atoms with Crippen molar-refractivity contribution in [1.29, 1.82) is 0 Å². The molecule has 0 spiro atoms. The predicted octanol–water partition coefficient (Wildman–Crippen LogP) is 0.869. The number of rotatable bonds is 6. The molecule has 2 atom stereocenters. The number of piperazine rings is 1. The average Bonchev–Trinajstić information content (AvgIpc) is 2.33. The lowest BCUT2D eigenvalue weighted by Crippen LogP contribution is -2.56. The van der Waals surface area contributed by atoms with Crippen molar-refractivity contribution in [1.82, 2.24) is 15.1 Å². The summed E-state index contributed by atoms with van der Waals surface area (Å²) in [6, 6.07) is 0.848. The Kier molecular flexibility index (Phi) is 6.09. The fraction of sp³-hybridized carbons (Fsp3) is 0.643. The first-order valence-electron chi connectivity index (χ1n) is 6.55. The molecule has 0 radical (unpaired) electrons. The molecule has 0 saturated carbocycles. The molecular weight excluding hydrogens is 226 g/mol. The molecule has 4 nitrogen and oxygen atoms in total. The van der Waals surface area contributed by atoms with Crippen LogP contribution in [0.15, 0.2) is 25.3 Å². The zero-order valence-corrected chi connectivity index (χ0v) is 11.6. The minimum atomic E-state index is 0.149. The highest BCUT2D eigenvalue weighted by Gasteiger charge is 2.25. The third kappa shape index (κ3) is 4.27. The summed E-state index contributed by atoms with van der Waals surface area (Å²) in [6.45, 7) is 15.2. The normalized spacial score (nSPS) is 24.6. The zero-order valence-electron chi connectivity index (χ0n) is 11.6. The van der Waals surface area contributed by atoms with Gasteiger partial charge in [0, 0.05) is 38.3 Å². The maximum Gasteiger partial charge on any atom is 0.237 e. The molecule has 1 aliphatic rings. The lowest BCUT2D eigenvalue weighted by molar-refractivity contribution is -0.132. The lowest BCUT2D eigenvalue weighted by Gasteiger charge is -2.37. The smallest absolute Gasteiger partial charge is 0.237 e. The van der Waals surface area contributed by atoms with Crippen LogP contribution in [-0.4, -0.2) is 60.5 Å². The number of amides is 1. The van der Waals surface area contributed by atoms with Gasteiger partial charge < -0.3 is 10.2 Å². The molecule has 0 bridgehead atoms. The van der Waals surface area contributed by atoms with Crippen molar-refractivity contribution in [3.63, 3.8) is 0 Å². The van der Waals surface area contributed by atoms with E-state index in [1.54, 1.807) is 17.1 Å². The van der Waals surface area contributed by atoms with Gasteiger partial charge in [0.15, 0.2) is 0 Å². The fourth-order valence-corrected chi connectivity index (χ4v) is 2.18. The Hall–Kier alpha value is -1.13. The molecule has 0 aromatic heterocycles. The fourth-order valence-electron chi connectivity index (χ4n) is 2.18. The molecule has 2 unspecified atom stereocenters. The Balaban J connectivity index is 2.54. The minimum absolute atomic E-state index is 0.149. The average molecular weight is 251 g/mol. The van der Waals surface area contributed by atoms with E-state index >= 15 is 0 Å². The van der Waals surface area contributed by atoms with Crippen LogP contribution in [0.1, 0.15) is 13.8 Å². The molecule has 1 rings (SSSR count). The van der Waals surface area contributed by atoms with Gasteiger partial charge in [0.1, 0.15) is 0 Å². The summed E-state index contributed by atoms with van der Waals surface area (Å²) < 4.78 is 0. The minimum Gasteiger partial charge on any atom is -0.334 e. The van der Waals surface area contributed by atoms with Crippen molar-refractivity contribution < 1.29 is 4.79 Å². The molecule has 1 fully saturated rings. The molecule has 0 aromatic rings. The number of hydrogen-bond acceptors (Lipinski definition) is 3. The van der Waals surface area contributed by atoms with E-state index in [0.717, 1.165) is 13.1 Å². The van der Waals surface area contributed by atoms with Crippen molar-refractivity contribution in [2.24, 2.45) is 0 Å². The highest BCUT2D eigenvalue weighted by atomic mass is 16.2.